The molecule has 1 aliphatic heterocycles. The van der Waals surface area contributed by atoms with Crippen molar-refractivity contribution in [2.24, 2.45) is 4.99 Å². The lowest BCUT2D eigenvalue weighted by atomic mass is 10.1. The summed E-state index contributed by atoms with van der Waals surface area (Å²) in [5, 5.41) is 2.03. The topological polar surface area (TPSA) is 28.5 Å². The highest BCUT2D eigenvalue weighted by Crippen LogP contribution is 2.31. The Balaban J connectivity index is 1.55. The normalized spacial score (nSPS) is 13.1. The summed E-state index contributed by atoms with van der Waals surface area (Å²) in [5.74, 6) is 0. The summed E-state index contributed by atoms with van der Waals surface area (Å²) < 4.78 is 0. The van der Waals surface area contributed by atoms with E-state index in [-0.39, 0.29) is 0 Å². The first-order valence-corrected chi connectivity index (χ1v) is 8.68. The third-order valence-corrected chi connectivity index (χ3v) is 5.22. The first-order chi connectivity index (χ1) is 11.8. The van der Waals surface area contributed by atoms with E-state index in [4.69, 9.17) is 4.99 Å². The first-order valence-electron chi connectivity index (χ1n) is 7.87. The Morgan fingerprint density at radius 3 is 2.42 bits per heavy atom. The van der Waals surface area contributed by atoms with E-state index in [2.05, 4.69) is 71.5 Å². The van der Waals surface area contributed by atoms with Crippen LogP contribution in [-0.2, 0) is 6.54 Å². The maximum atomic E-state index is 4.69. The molecule has 4 heteroatoms. The molecule has 0 N–H and O–H groups in total. The van der Waals surface area contributed by atoms with Crippen LogP contribution in [0.5, 0.6) is 0 Å². The summed E-state index contributed by atoms with van der Waals surface area (Å²) in [4.78, 5) is 11.3. The number of pyridine rings is 1. The summed E-state index contributed by atoms with van der Waals surface area (Å²) in [7, 11) is 2.05. The van der Waals surface area contributed by atoms with Gasteiger partial charge in [-0.05, 0) is 41.1 Å². The number of anilines is 1. The molecule has 0 atom stereocenters. The van der Waals surface area contributed by atoms with E-state index in [9.17, 15) is 0 Å². The highest BCUT2D eigenvalue weighted by molar-refractivity contribution is 8.14. The maximum absolute atomic E-state index is 4.69. The van der Waals surface area contributed by atoms with E-state index in [1.54, 1.807) is 11.8 Å². The average molecular weight is 331 g/mol. The summed E-state index contributed by atoms with van der Waals surface area (Å²) in [6, 6.07) is 23.1. The molecule has 0 radical (unpaired) electrons. The zero-order chi connectivity index (χ0) is 16.4. The first kappa shape index (κ1) is 15.0. The van der Waals surface area contributed by atoms with Crippen LogP contribution in [0.1, 0.15) is 5.56 Å². The van der Waals surface area contributed by atoms with Crippen molar-refractivity contribution in [2.45, 2.75) is 11.6 Å². The van der Waals surface area contributed by atoms with E-state index in [1.165, 1.54) is 16.7 Å². The summed E-state index contributed by atoms with van der Waals surface area (Å²) in [6.07, 6.45) is 1.84. The van der Waals surface area contributed by atoms with Gasteiger partial charge >= 0.3 is 0 Å². The molecule has 0 bridgehead atoms. The number of amidine groups is 1. The molecule has 1 aromatic heterocycles. The average Bonchev–Trinajstić information content (AvgIpc) is 2.68. The fourth-order valence-electron chi connectivity index (χ4n) is 2.70. The van der Waals surface area contributed by atoms with Crippen LogP contribution in [0.15, 0.2) is 82.9 Å². The minimum atomic E-state index is 0.692. The molecule has 1 aliphatic rings. The monoisotopic (exact) mass is 331 g/mol. The molecule has 3 aromatic rings. The van der Waals surface area contributed by atoms with Crippen LogP contribution < -0.4 is 4.90 Å². The van der Waals surface area contributed by atoms with Gasteiger partial charge in [0.15, 0.2) is 5.17 Å². The van der Waals surface area contributed by atoms with Crippen LogP contribution in [-0.4, -0.2) is 17.2 Å². The van der Waals surface area contributed by atoms with Crippen molar-refractivity contribution in [3.05, 3.63) is 78.5 Å². The standard InChI is InChI=1S/C20H17N3S/c1-23(20-22-14-17-8-5-13-21-19(17)24-20)18-11-9-16(10-12-18)15-6-3-2-4-7-15/h2-13H,14H2,1H3. The van der Waals surface area contributed by atoms with Crippen LogP contribution in [0.4, 0.5) is 5.69 Å². The molecule has 3 nitrogen and oxygen atoms in total. The van der Waals surface area contributed by atoms with Gasteiger partial charge in [0, 0.05) is 24.5 Å². The van der Waals surface area contributed by atoms with Crippen LogP contribution in [0.25, 0.3) is 11.1 Å². The molecular formula is C20H17N3S. The molecule has 2 aromatic carbocycles. The molecule has 0 unspecified atom stereocenters. The predicted octanol–water partition coefficient (Wildman–Crippen LogP) is 4.85. The van der Waals surface area contributed by atoms with Crippen molar-refractivity contribution >= 4 is 22.6 Å². The number of thioether (sulfide) groups is 1. The molecule has 4 rings (SSSR count). The molecule has 0 amide bonds. The zero-order valence-corrected chi connectivity index (χ0v) is 14.2. The third-order valence-electron chi connectivity index (χ3n) is 4.07. The molecule has 2 heterocycles. The van der Waals surface area contributed by atoms with Gasteiger partial charge in [0.2, 0.25) is 0 Å². The Morgan fingerprint density at radius 2 is 1.62 bits per heavy atom. The van der Waals surface area contributed by atoms with E-state index in [0.717, 1.165) is 15.9 Å². The summed E-state index contributed by atoms with van der Waals surface area (Å²) >= 11 is 1.63. The number of aromatic nitrogens is 1. The largest absolute Gasteiger partial charge is 0.324 e. The molecular weight excluding hydrogens is 314 g/mol. The molecule has 0 saturated heterocycles. The van der Waals surface area contributed by atoms with Gasteiger partial charge in [0.05, 0.1) is 6.54 Å². The smallest absolute Gasteiger partial charge is 0.170 e. The predicted molar refractivity (Wildman–Crippen MR) is 102 cm³/mol. The Hall–Kier alpha value is -2.59. The second-order valence-electron chi connectivity index (χ2n) is 5.64. The Morgan fingerprint density at radius 1 is 0.875 bits per heavy atom. The SMILES string of the molecule is CN(C1=NCc2cccnc2S1)c1ccc(-c2ccccc2)cc1. The second kappa shape index (κ2) is 6.49. The Labute approximate surface area is 146 Å². The fraction of sp³-hybridized carbons (Fsp3) is 0.100. The van der Waals surface area contributed by atoms with Gasteiger partial charge in [-0.15, -0.1) is 0 Å². The van der Waals surface area contributed by atoms with Crippen LogP contribution >= 0.6 is 11.8 Å². The summed E-state index contributed by atoms with van der Waals surface area (Å²) in [5.41, 5.74) is 4.77. The van der Waals surface area contributed by atoms with Crippen molar-refractivity contribution < 1.29 is 0 Å². The molecule has 24 heavy (non-hydrogen) atoms. The third kappa shape index (κ3) is 2.93. The van der Waals surface area contributed by atoms with Gasteiger partial charge in [0.1, 0.15) is 5.03 Å². The van der Waals surface area contributed by atoms with Gasteiger partial charge in [-0.25, -0.2) is 4.98 Å². The number of rotatable bonds is 2. The maximum Gasteiger partial charge on any atom is 0.170 e. The van der Waals surface area contributed by atoms with Crippen molar-refractivity contribution in [2.75, 3.05) is 11.9 Å². The van der Waals surface area contributed by atoms with Gasteiger partial charge in [-0.1, -0.05) is 48.5 Å². The van der Waals surface area contributed by atoms with Gasteiger partial charge in [-0.3, -0.25) is 4.99 Å². The minimum absolute atomic E-state index is 0.692. The van der Waals surface area contributed by atoms with Gasteiger partial charge in [-0.2, -0.15) is 0 Å². The number of hydrogen-bond acceptors (Lipinski definition) is 4. The number of fused-ring (bicyclic) bond motifs is 1. The zero-order valence-electron chi connectivity index (χ0n) is 13.4. The molecule has 0 fully saturated rings. The lowest BCUT2D eigenvalue weighted by molar-refractivity contribution is 0.951. The van der Waals surface area contributed by atoms with Crippen molar-refractivity contribution in [3.63, 3.8) is 0 Å². The molecule has 0 spiro atoms. The molecule has 0 aliphatic carbocycles. The number of hydrogen-bond donors (Lipinski definition) is 0. The minimum Gasteiger partial charge on any atom is -0.324 e. The number of aliphatic imine (C=N–C) groups is 1. The van der Waals surface area contributed by atoms with E-state index >= 15 is 0 Å². The van der Waals surface area contributed by atoms with Gasteiger partial charge in [0.25, 0.3) is 0 Å². The Kier molecular flexibility index (Phi) is 4.05. The van der Waals surface area contributed by atoms with Crippen LogP contribution in [0.3, 0.4) is 0 Å². The second-order valence-corrected chi connectivity index (χ2v) is 6.60. The van der Waals surface area contributed by atoms with Crippen molar-refractivity contribution in [1.82, 2.24) is 4.98 Å². The van der Waals surface area contributed by atoms with E-state index in [0.29, 0.717) is 6.54 Å². The highest BCUT2D eigenvalue weighted by atomic mass is 32.2. The van der Waals surface area contributed by atoms with E-state index in [1.807, 2.05) is 18.3 Å². The quantitative estimate of drug-likeness (QED) is 0.672. The Bertz CT molecular complexity index is 873. The number of nitrogens with zero attached hydrogens (tertiary/aromatic N) is 3. The lowest BCUT2D eigenvalue weighted by Gasteiger charge is -2.24. The summed E-state index contributed by atoms with van der Waals surface area (Å²) in [6.45, 7) is 0.692. The molecule has 118 valence electrons. The highest BCUT2D eigenvalue weighted by Gasteiger charge is 2.18. The lowest BCUT2D eigenvalue weighted by Crippen LogP contribution is -2.25. The van der Waals surface area contributed by atoms with Crippen LogP contribution in [0, 0.1) is 0 Å². The van der Waals surface area contributed by atoms with Crippen molar-refractivity contribution in [3.8, 4) is 11.1 Å². The number of benzene rings is 2. The molecule has 0 saturated carbocycles. The van der Waals surface area contributed by atoms with Crippen molar-refractivity contribution in [1.29, 1.82) is 0 Å². The fourth-order valence-corrected chi connectivity index (χ4v) is 3.62. The van der Waals surface area contributed by atoms with Crippen LogP contribution in [0.2, 0.25) is 0 Å². The van der Waals surface area contributed by atoms with Gasteiger partial charge < -0.3 is 4.90 Å². The van der Waals surface area contributed by atoms with E-state index < -0.39 is 0 Å².